The average Bonchev–Trinajstić information content (AvgIpc) is 3.01. The Morgan fingerprint density at radius 2 is 1.93 bits per heavy atom. The summed E-state index contributed by atoms with van der Waals surface area (Å²) in [7, 11) is 0. The summed E-state index contributed by atoms with van der Waals surface area (Å²) >= 11 is 6.10. The van der Waals surface area contributed by atoms with Gasteiger partial charge in [-0.15, -0.1) is 0 Å². The number of hydrogen-bond donors (Lipinski definition) is 1. The van der Waals surface area contributed by atoms with Crippen LogP contribution in [0.2, 0.25) is 5.02 Å². The van der Waals surface area contributed by atoms with Crippen LogP contribution in [0.5, 0.6) is 0 Å². The summed E-state index contributed by atoms with van der Waals surface area (Å²) in [6.45, 7) is 14.4. The van der Waals surface area contributed by atoms with E-state index in [0.717, 1.165) is 5.56 Å². The zero-order valence-electron chi connectivity index (χ0n) is 18.2. The lowest BCUT2D eigenvalue weighted by Crippen LogP contribution is -2.44. The van der Waals surface area contributed by atoms with E-state index < -0.39 is 17.2 Å². The van der Waals surface area contributed by atoms with Gasteiger partial charge in [0.15, 0.2) is 5.82 Å². The second-order valence-corrected chi connectivity index (χ2v) is 9.33. The molecule has 0 saturated carbocycles. The smallest absolute Gasteiger partial charge is 0.408 e. The summed E-state index contributed by atoms with van der Waals surface area (Å²) < 4.78 is 10.8. The predicted octanol–water partition coefficient (Wildman–Crippen LogP) is 4.89. The molecular weight excluding hydrogens is 392 g/mol. The molecule has 2 aromatic rings. The maximum atomic E-state index is 12.1. The summed E-state index contributed by atoms with van der Waals surface area (Å²) in [6.07, 6.45) is -0.529. The second-order valence-electron chi connectivity index (χ2n) is 8.89. The van der Waals surface area contributed by atoms with Crippen LogP contribution in [0.4, 0.5) is 4.79 Å². The summed E-state index contributed by atoms with van der Waals surface area (Å²) in [4.78, 5) is 18.8. The molecule has 0 atom stereocenters. The number of alkyl carbamates (subject to hydrolysis) is 1. The van der Waals surface area contributed by atoms with Crippen LogP contribution in [-0.2, 0) is 23.4 Å². The van der Waals surface area contributed by atoms with Crippen molar-refractivity contribution < 1.29 is 14.1 Å². The number of amides is 1. The number of nitrogens with zero attached hydrogens (tertiary/aromatic N) is 3. The van der Waals surface area contributed by atoms with Crippen LogP contribution < -0.4 is 5.32 Å². The quantitative estimate of drug-likeness (QED) is 0.683. The van der Waals surface area contributed by atoms with Crippen LogP contribution in [0.1, 0.15) is 65.7 Å². The zero-order valence-corrected chi connectivity index (χ0v) is 19.0. The molecule has 0 aliphatic carbocycles. The summed E-state index contributed by atoms with van der Waals surface area (Å²) in [5, 5.41) is 7.57. The van der Waals surface area contributed by atoms with Gasteiger partial charge in [-0.3, -0.25) is 4.90 Å². The Balaban J connectivity index is 2.07. The Bertz CT molecular complexity index is 827. The first-order chi connectivity index (χ1) is 13.4. The van der Waals surface area contributed by atoms with Crippen LogP contribution in [0.3, 0.4) is 0 Å². The van der Waals surface area contributed by atoms with Crippen molar-refractivity contribution in [2.24, 2.45) is 0 Å². The minimum absolute atomic E-state index is 0.261. The van der Waals surface area contributed by atoms with Crippen molar-refractivity contribution >= 4 is 17.7 Å². The standard InChI is InChI=1S/C21H31ClN4O3/c1-14(2)26(12-15-9-8-10-16(22)11-15)13-17-23-18(25-29-17)21(6,7)24-19(27)28-20(3,4)5/h8-11,14H,12-13H2,1-7H3,(H,24,27). The highest BCUT2D eigenvalue weighted by atomic mass is 35.5. The summed E-state index contributed by atoms with van der Waals surface area (Å²) in [6, 6.07) is 8.04. The molecule has 0 aliphatic heterocycles. The SMILES string of the molecule is CC(C)N(Cc1cccc(Cl)c1)Cc1nc(C(C)(C)NC(=O)OC(C)(C)C)no1. The highest BCUT2D eigenvalue weighted by Crippen LogP contribution is 2.20. The van der Waals surface area contributed by atoms with Gasteiger partial charge in [0, 0.05) is 17.6 Å². The van der Waals surface area contributed by atoms with Gasteiger partial charge in [-0.1, -0.05) is 28.9 Å². The fourth-order valence-electron chi connectivity index (χ4n) is 2.65. The van der Waals surface area contributed by atoms with Gasteiger partial charge in [0.25, 0.3) is 0 Å². The van der Waals surface area contributed by atoms with Crippen molar-refractivity contribution in [2.45, 2.75) is 78.7 Å². The lowest BCUT2D eigenvalue weighted by atomic mass is 10.1. The molecular formula is C21H31ClN4O3. The molecule has 0 aliphatic rings. The van der Waals surface area contributed by atoms with E-state index in [2.05, 4.69) is 34.2 Å². The zero-order chi connectivity index (χ0) is 21.8. The van der Waals surface area contributed by atoms with Crippen molar-refractivity contribution in [3.8, 4) is 0 Å². The molecule has 0 bridgehead atoms. The van der Waals surface area contributed by atoms with Gasteiger partial charge in [-0.25, -0.2) is 4.79 Å². The summed E-state index contributed by atoms with van der Waals surface area (Å²) in [5.74, 6) is 0.875. The Morgan fingerprint density at radius 3 is 2.52 bits per heavy atom. The summed E-state index contributed by atoms with van der Waals surface area (Å²) in [5.41, 5.74) is -0.307. The van der Waals surface area contributed by atoms with Crippen molar-refractivity contribution in [1.82, 2.24) is 20.4 Å². The first kappa shape index (κ1) is 23.2. The number of rotatable bonds is 7. The highest BCUT2D eigenvalue weighted by molar-refractivity contribution is 6.30. The maximum Gasteiger partial charge on any atom is 0.408 e. The first-order valence-corrected chi connectivity index (χ1v) is 10.1. The van der Waals surface area contributed by atoms with Gasteiger partial charge in [0.2, 0.25) is 5.89 Å². The highest BCUT2D eigenvalue weighted by Gasteiger charge is 2.31. The number of carbonyl (C=O) groups is 1. The normalized spacial score (nSPS) is 12.5. The van der Waals surface area contributed by atoms with E-state index in [1.54, 1.807) is 13.8 Å². The van der Waals surface area contributed by atoms with Gasteiger partial charge in [0.1, 0.15) is 11.1 Å². The molecule has 1 aromatic heterocycles. The number of carbonyl (C=O) groups excluding carboxylic acids is 1. The Morgan fingerprint density at radius 1 is 1.24 bits per heavy atom. The minimum atomic E-state index is -0.834. The van der Waals surface area contributed by atoms with E-state index in [1.807, 2.05) is 45.0 Å². The van der Waals surface area contributed by atoms with E-state index in [1.165, 1.54) is 0 Å². The van der Waals surface area contributed by atoms with Crippen molar-refractivity contribution in [1.29, 1.82) is 0 Å². The third kappa shape index (κ3) is 7.33. The molecule has 1 aromatic carbocycles. The molecule has 1 amide bonds. The monoisotopic (exact) mass is 422 g/mol. The lowest BCUT2D eigenvalue weighted by molar-refractivity contribution is 0.0465. The first-order valence-electron chi connectivity index (χ1n) is 9.68. The number of aromatic nitrogens is 2. The number of halogens is 1. The Hall–Kier alpha value is -2.12. The molecule has 0 radical (unpaired) electrons. The van der Waals surface area contributed by atoms with Gasteiger partial charge in [0.05, 0.1) is 6.54 Å². The topological polar surface area (TPSA) is 80.5 Å². The molecule has 0 spiro atoms. The van der Waals surface area contributed by atoms with Gasteiger partial charge < -0.3 is 14.6 Å². The van der Waals surface area contributed by atoms with Crippen LogP contribution in [0.15, 0.2) is 28.8 Å². The third-order valence-corrected chi connectivity index (χ3v) is 4.42. The minimum Gasteiger partial charge on any atom is -0.444 e. The van der Waals surface area contributed by atoms with Gasteiger partial charge in [-0.05, 0) is 66.2 Å². The molecule has 7 nitrogen and oxygen atoms in total. The van der Waals surface area contributed by atoms with Gasteiger partial charge >= 0.3 is 6.09 Å². The number of benzene rings is 1. The predicted molar refractivity (Wildman–Crippen MR) is 113 cm³/mol. The molecule has 2 rings (SSSR count). The van der Waals surface area contributed by atoms with E-state index >= 15 is 0 Å². The van der Waals surface area contributed by atoms with E-state index in [4.69, 9.17) is 20.9 Å². The maximum absolute atomic E-state index is 12.1. The molecule has 0 saturated heterocycles. The number of nitrogens with one attached hydrogen (secondary N) is 1. The van der Waals surface area contributed by atoms with Gasteiger partial charge in [-0.2, -0.15) is 4.98 Å². The second kappa shape index (κ2) is 9.13. The molecule has 0 unspecified atom stereocenters. The largest absolute Gasteiger partial charge is 0.444 e. The average molecular weight is 423 g/mol. The number of ether oxygens (including phenoxy) is 1. The lowest BCUT2D eigenvalue weighted by Gasteiger charge is -2.26. The fourth-order valence-corrected chi connectivity index (χ4v) is 2.87. The molecule has 0 fully saturated rings. The van der Waals surface area contributed by atoms with E-state index in [-0.39, 0.29) is 6.04 Å². The fraction of sp³-hybridized carbons (Fsp3) is 0.571. The molecule has 160 valence electrons. The van der Waals surface area contributed by atoms with E-state index in [0.29, 0.717) is 29.8 Å². The van der Waals surface area contributed by atoms with Crippen LogP contribution in [-0.4, -0.2) is 32.8 Å². The Kier molecular flexibility index (Phi) is 7.30. The van der Waals surface area contributed by atoms with Crippen molar-refractivity contribution in [2.75, 3.05) is 0 Å². The molecule has 1 N–H and O–H groups in total. The van der Waals surface area contributed by atoms with Crippen LogP contribution in [0, 0.1) is 0 Å². The number of hydrogen-bond acceptors (Lipinski definition) is 6. The molecule has 8 heteroatoms. The van der Waals surface area contributed by atoms with Crippen LogP contribution >= 0.6 is 11.6 Å². The third-order valence-electron chi connectivity index (χ3n) is 4.18. The van der Waals surface area contributed by atoms with Crippen LogP contribution in [0.25, 0.3) is 0 Å². The molecule has 1 heterocycles. The molecule has 29 heavy (non-hydrogen) atoms. The van der Waals surface area contributed by atoms with E-state index in [9.17, 15) is 4.79 Å². The van der Waals surface area contributed by atoms with Crippen molar-refractivity contribution in [3.63, 3.8) is 0 Å². The Labute approximate surface area is 177 Å². The van der Waals surface area contributed by atoms with Crippen molar-refractivity contribution in [3.05, 3.63) is 46.6 Å².